The number of hydrogen-bond acceptors (Lipinski definition) is 1. The van der Waals surface area contributed by atoms with Gasteiger partial charge >= 0.3 is 91.6 Å². The third-order valence-electron chi connectivity index (χ3n) is 2.44. The predicted molar refractivity (Wildman–Crippen MR) is 62.8 cm³/mol. The van der Waals surface area contributed by atoms with E-state index in [-0.39, 0.29) is 0 Å². The molecule has 1 aromatic carbocycles. The van der Waals surface area contributed by atoms with Crippen molar-refractivity contribution in [2.24, 2.45) is 4.99 Å². The monoisotopic (exact) mass is 253 g/mol. The van der Waals surface area contributed by atoms with Crippen molar-refractivity contribution in [1.29, 1.82) is 0 Å². The van der Waals surface area contributed by atoms with E-state index in [9.17, 15) is 0 Å². The van der Waals surface area contributed by atoms with Crippen LogP contribution in [0.3, 0.4) is 0 Å². The molecule has 14 heavy (non-hydrogen) atoms. The molecule has 0 spiro atoms. The second-order valence-corrected chi connectivity index (χ2v) is 6.55. The van der Waals surface area contributed by atoms with Gasteiger partial charge in [-0.3, -0.25) is 0 Å². The second-order valence-electron chi connectivity index (χ2n) is 3.67. The van der Waals surface area contributed by atoms with Gasteiger partial charge in [-0.15, -0.1) is 0 Å². The molecule has 0 amide bonds. The van der Waals surface area contributed by atoms with Crippen LogP contribution in [0.25, 0.3) is 0 Å². The summed E-state index contributed by atoms with van der Waals surface area (Å²) >= 11 is 0.617. The minimum atomic E-state index is 0.617. The van der Waals surface area contributed by atoms with Crippen LogP contribution in [0.2, 0.25) is 4.82 Å². The van der Waals surface area contributed by atoms with Crippen LogP contribution in [-0.2, 0) is 0 Å². The Morgan fingerprint density at radius 3 is 2.71 bits per heavy atom. The molecule has 0 N–H and O–H groups in total. The van der Waals surface area contributed by atoms with Gasteiger partial charge in [0.2, 0.25) is 0 Å². The minimum absolute atomic E-state index is 0.617. The Kier molecular flexibility index (Phi) is 3.39. The topological polar surface area (TPSA) is 12.4 Å². The molecular formula is C12H15NSe. The molecule has 0 saturated heterocycles. The number of benzene rings is 1. The predicted octanol–water partition coefficient (Wildman–Crippen LogP) is 2.06. The Balaban J connectivity index is 1.93. The Morgan fingerprint density at radius 2 is 2.07 bits per heavy atom. The molecule has 1 heterocycles. The van der Waals surface area contributed by atoms with Crippen molar-refractivity contribution in [2.75, 3.05) is 6.54 Å². The normalized spacial score (nSPS) is 21.8. The van der Waals surface area contributed by atoms with Crippen LogP contribution in [-0.4, -0.2) is 27.2 Å². The van der Waals surface area contributed by atoms with E-state index >= 15 is 0 Å². The zero-order valence-corrected chi connectivity index (χ0v) is 10.2. The average Bonchev–Trinajstić information content (AvgIpc) is 2.23. The van der Waals surface area contributed by atoms with Crippen LogP contribution in [0.5, 0.6) is 0 Å². The summed E-state index contributed by atoms with van der Waals surface area (Å²) in [6.45, 7) is 3.20. The van der Waals surface area contributed by atoms with Crippen molar-refractivity contribution in [3.63, 3.8) is 0 Å². The summed E-state index contributed by atoms with van der Waals surface area (Å²) in [7, 11) is 0. The Morgan fingerprint density at radius 1 is 1.29 bits per heavy atom. The number of aliphatic imine (C=N–C) groups is 1. The molecule has 2 heteroatoms. The van der Waals surface area contributed by atoms with Crippen LogP contribution in [0.4, 0.5) is 0 Å². The van der Waals surface area contributed by atoms with Crippen molar-refractivity contribution >= 4 is 25.1 Å². The molecular weight excluding hydrogens is 237 g/mol. The zero-order valence-electron chi connectivity index (χ0n) is 8.44. The molecule has 1 aromatic rings. The molecule has 0 aliphatic carbocycles. The standard InChI is InChI=1S/C12H15NSe/c1-10-7-8-12(9-13-10)14-11-5-3-2-4-6-11/h2-6,12H,7-9H2,1H3. The van der Waals surface area contributed by atoms with Gasteiger partial charge in [-0.2, -0.15) is 0 Å². The van der Waals surface area contributed by atoms with E-state index in [0.717, 1.165) is 11.4 Å². The van der Waals surface area contributed by atoms with Crippen molar-refractivity contribution in [3.05, 3.63) is 30.3 Å². The van der Waals surface area contributed by atoms with Gasteiger partial charge in [0.05, 0.1) is 0 Å². The fourth-order valence-corrected chi connectivity index (χ4v) is 3.86. The van der Waals surface area contributed by atoms with Crippen molar-refractivity contribution in [2.45, 2.75) is 24.6 Å². The molecule has 1 unspecified atom stereocenters. The van der Waals surface area contributed by atoms with E-state index in [0.29, 0.717) is 15.0 Å². The molecule has 2 rings (SSSR count). The van der Waals surface area contributed by atoms with Gasteiger partial charge in [-0.25, -0.2) is 0 Å². The average molecular weight is 252 g/mol. The molecule has 0 bridgehead atoms. The van der Waals surface area contributed by atoms with Crippen LogP contribution in [0.1, 0.15) is 19.8 Å². The fourth-order valence-electron chi connectivity index (χ4n) is 1.59. The summed E-state index contributed by atoms with van der Waals surface area (Å²) in [6, 6.07) is 10.8. The van der Waals surface area contributed by atoms with Crippen molar-refractivity contribution in [1.82, 2.24) is 0 Å². The Labute approximate surface area is 91.8 Å². The molecule has 1 atom stereocenters. The van der Waals surface area contributed by atoms with Crippen LogP contribution >= 0.6 is 0 Å². The summed E-state index contributed by atoms with van der Waals surface area (Å²) in [5.74, 6) is 0. The van der Waals surface area contributed by atoms with Crippen LogP contribution < -0.4 is 4.46 Å². The third-order valence-corrected chi connectivity index (χ3v) is 5.09. The van der Waals surface area contributed by atoms with Gasteiger partial charge < -0.3 is 0 Å². The van der Waals surface area contributed by atoms with E-state index in [4.69, 9.17) is 0 Å². The zero-order chi connectivity index (χ0) is 9.80. The van der Waals surface area contributed by atoms with Crippen LogP contribution in [0.15, 0.2) is 35.3 Å². The second kappa shape index (κ2) is 4.77. The molecule has 0 saturated carbocycles. The summed E-state index contributed by atoms with van der Waals surface area (Å²) in [5, 5.41) is 0. The first kappa shape index (κ1) is 9.95. The number of rotatable bonds is 2. The maximum absolute atomic E-state index is 4.54. The fraction of sp³-hybridized carbons (Fsp3) is 0.417. The van der Waals surface area contributed by atoms with E-state index in [1.54, 1.807) is 0 Å². The van der Waals surface area contributed by atoms with E-state index in [2.05, 4.69) is 42.2 Å². The molecule has 0 fully saturated rings. The molecule has 0 aromatic heterocycles. The van der Waals surface area contributed by atoms with Gasteiger partial charge in [0.25, 0.3) is 0 Å². The molecule has 0 radical (unpaired) electrons. The Bertz CT molecular complexity index is 318. The maximum atomic E-state index is 4.54. The summed E-state index contributed by atoms with van der Waals surface area (Å²) in [6.07, 6.45) is 2.55. The summed E-state index contributed by atoms with van der Waals surface area (Å²) < 4.78 is 1.51. The van der Waals surface area contributed by atoms with Crippen molar-refractivity contribution in [3.8, 4) is 0 Å². The summed E-state index contributed by atoms with van der Waals surface area (Å²) in [4.78, 5) is 5.37. The first-order chi connectivity index (χ1) is 6.84. The first-order valence-electron chi connectivity index (χ1n) is 5.06. The molecule has 1 nitrogen and oxygen atoms in total. The Hall–Kier alpha value is -0.591. The van der Waals surface area contributed by atoms with E-state index < -0.39 is 0 Å². The van der Waals surface area contributed by atoms with Gasteiger partial charge in [0.15, 0.2) is 0 Å². The molecule has 1 aliphatic heterocycles. The van der Waals surface area contributed by atoms with Crippen LogP contribution in [0, 0.1) is 0 Å². The van der Waals surface area contributed by atoms with E-state index in [1.165, 1.54) is 23.0 Å². The van der Waals surface area contributed by atoms with Gasteiger partial charge in [-0.05, 0) is 0 Å². The molecule has 74 valence electrons. The van der Waals surface area contributed by atoms with Gasteiger partial charge in [-0.1, -0.05) is 0 Å². The quantitative estimate of drug-likeness (QED) is 0.714. The third kappa shape index (κ3) is 2.70. The number of hydrogen-bond donors (Lipinski definition) is 0. The van der Waals surface area contributed by atoms with Crippen molar-refractivity contribution < 1.29 is 0 Å². The number of nitrogens with zero attached hydrogens (tertiary/aromatic N) is 1. The van der Waals surface area contributed by atoms with Gasteiger partial charge in [0, 0.05) is 0 Å². The first-order valence-corrected chi connectivity index (χ1v) is 6.91. The van der Waals surface area contributed by atoms with Gasteiger partial charge in [0.1, 0.15) is 0 Å². The summed E-state index contributed by atoms with van der Waals surface area (Å²) in [5.41, 5.74) is 1.34. The SMILES string of the molecule is CC1=NCC([Se]c2ccccc2)CC1. The molecule has 1 aliphatic rings. The van der Waals surface area contributed by atoms with E-state index in [1.807, 2.05) is 0 Å².